The van der Waals surface area contributed by atoms with Crippen LogP contribution in [0, 0.1) is 5.92 Å². The van der Waals surface area contributed by atoms with Crippen molar-refractivity contribution >= 4 is 25.5 Å². The van der Waals surface area contributed by atoms with Gasteiger partial charge in [-0.15, -0.1) is 0 Å². The first-order chi connectivity index (χ1) is 21.8. The van der Waals surface area contributed by atoms with Crippen LogP contribution in [0.3, 0.4) is 0 Å². The van der Waals surface area contributed by atoms with E-state index in [0.717, 1.165) is 37.7 Å². The highest BCUT2D eigenvalue weighted by Crippen LogP contribution is 2.47. The van der Waals surface area contributed by atoms with Crippen molar-refractivity contribution < 1.29 is 37.8 Å². The predicted molar refractivity (Wildman–Crippen MR) is 173 cm³/mol. The van der Waals surface area contributed by atoms with Gasteiger partial charge < -0.3 is 39.8 Å². The van der Waals surface area contributed by atoms with Crippen LogP contribution < -0.4 is 16.0 Å². The predicted octanol–water partition coefficient (Wildman–Crippen LogP) is 3.88. The molecule has 0 spiro atoms. The molecule has 3 rings (SSSR count). The van der Waals surface area contributed by atoms with Crippen LogP contribution in [0.25, 0.3) is 0 Å². The minimum absolute atomic E-state index is 0.0585. The fourth-order valence-corrected chi connectivity index (χ4v) is 6.72. The van der Waals surface area contributed by atoms with Crippen LogP contribution in [-0.4, -0.2) is 83.2 Å². The second kappa shape index (κ2) is 17.6. The van der Waals surface area contributed by atoms with E-state index >= 15 is 0 Å². The number of hydrogen-bond acceptors (Lipinski definition) is 9. The van der Waals surface area contributed by atoms with Crippen LogP contribution in [-0.2, 0) is 40.8 Å². The summed E-state index contributed by atoms with van der Waals surface area (Å²) in [6.07, 6.45) is 6.53. The number of nitrogens with one attached hydrogen (secondary N) is 4. The highest BCUT2D eigenvalue weighted by Gasteiger charge is 2.36. The van der Waals surface area contributed by atoms with Gasteiger partial charge in [-0.3, -0.25) is 14.2 Å². The Balaban J connectivity index is 1.85. The van der Waals surface area contributed by atoms with E-state index in [1.54, 1.807) is 27.0 Å². The fourth-order valence-electron chi connectivity index (χ4n) is 5.56. The molecule has 2 aromatic rings. The Kier molecular flexibility index (Phi) is 14.2. The molecule has 13 nitrogen and oxygen atoms in total. The lowest BCUT2D eigenvalue weighted by molar-refractivity contribution is -0.130. The standard InChI is InChI=1S/C32H50N5O8P/c1-32(2,3)45-31(41)37-26(17-23-14-10-7-11-15-23)29(39)36-27(18-24-19-33-21-34-24)30(40)35-25(16-22-12-8-6-9-13-22)28(38)20-46(42,43-4)44-5/h7,10-11,14-15,19,21-22,25-28,38H,6,8-9,12-13,16-18,20H2,1-5H3,(H,33,34)(H,35,40)(H,36,39)(H,37,41)/t25-,26+,27+,28-/m1/s1. The van der Waals surface area contributed by atoms with E-state index in [4.69, 9.17) is 13.8 Å². The smallest absolute Gasteiger partial charge is 0.408 e. The molecule has 4 atom stereocenters. The van der Waals surface area contributed by atoms with Crippen molar-refractivity contribution in [3.63, 3.8) is 0 Å². The van der Waals surface area contributed by atoms with Gasteiger partial charge in [-0.1, -0.05) is 62.4 Å². The van der Waals surface area contributed by atoms with Gasteiger partial charge in [0, 0.05) is 39.0 Å². The number of imidazole rings is 1. The number of aromatic nitrogens is 2. The van der Waals surface area contributed by atoms with Gasteiger partial charge in [0.2, 0.25) is 11.8 Å². The zero-order valence-corrected chi connectivity index (χ0v) is 28.4. The number of carbonyl (C=O) groups is 3. The Morgan fingerprint density at radius 3 is 2.20 bits per heavy atom. The molecule has 256 valence electrons. The molecule has 1 saturated carbocycles. The number of hydrogen-bond donors (Lipinski definition) is 5. The van der Waals surface area contributed by atoms with Gasteiger partial charge in [0.25, 0.3) is 0 Å². The SMILES string of the molecule is COP(=O)(C[C@@H](O)[C@@H](CC1CCCCC1)NC(=O)[C@H](Cc1cnc[nH]1)NC(=O)[C@H](Cc1ccccc1)NC(=O)OC(C)(C)C)OC. The van der Waals surface area contributed by atoms with E-state index in [1.165, 1.54) is 20.5 Å². The summed E-state index contributed by atoms with van der Waals surface area (Å²) in [4.78, 5) is 47.5. The Morgan fingerprint density at radius 1 is 0.978 bits per heavy atom. The van der Waals surface area contributed by atoms with Gasteiger partial charge in [-0.05, 0) is 38.7 Å². The molecule has 1 aliphatic carbocycles. The maximum Gasteiger partial charge on any atom is 0.408 e. The molecule has 0 radical (unpaired) electrons. The number of alkyl carbamates (subject to hydrolysis) is 1. The number of amides is 3. The first-order valence-electron chi connectivity index (χ1n) is 15.8. The average Bonchev–Trinajstić information content (AvgIpc) is 3.53. The monoisotopic (exact) mass is 663 g/mol. The van der Waals surface area contributed by atoms with E-state index < -0.39 is 55.3 Å². The minimum atomic E-state index is -3.59. The lowest BCUT2D eigenvalue weighted by atomic mass is 9.83. The summed E-state index contributed by atoms with van der Waals surface area (Å²) in [5, 5.41) is 19.6. The summed E-state index contributed by atoms with van der Waals surface area (Å²) in [7, 11) is -1.09. The van der Waals surface area contributed by atoms with Crippen LogP contribution in [0.15, 0.2) is 42.9 Å². The summed E-state index contributed by atoms with van der Waals surface area (Å²) in [5.74, 6) is -0.891. The van der Waals surface area contributed by atoms with Gasteiger partial charge in [-0.2, -0.15) is 0 Å². The zero-order valence-electron chi connectivity index (χ0n) is 27.5. The lowest BCUT2D eigenvalue weighted by Gasteiger charge is -2.32. The second-order valence-corrected chi connectivity index (χ2v) is 15.1. The highest BCUT2D eigenvalue weighted by atomic mass is 31.2. The molecule has 1 aromatic heterocycles. The third kappa shape index (κ3) is 12.5. The molecule has 1 aromatic carbocycles. The molecule has 14 heteroatoms. The van der Waals surface area contributed by atoms with Crippen molar-refractivity contribution in [1.82, 2.24) is 25.9 Å². The molecule has 46 heavy (non-hydrogen) atoms. The number of benzene rings is 1. The molecule has 1 heterocycles. The molecule has 5 N–H and O–H groups in total. The fraction of sp³-hybridized carbons (Fsp3) is 0.625. The molecule has 0 saturated heterocycles. The Labute approximate surface area is 271 Å². The molecule has 1 fully saturated rings. The summed E-state index contributed by atoms with van der Waals surface area (Å²) >= 11 is 0. The summed E-state index contributed by atoms with van der Waals surface area (Å²) in [6, 6.07) is 6.23. The number of H-pyrrole nitrogens is 1. The maximum atomic E-state index is 13.9. The van der Waals surface area contributed by atoms with Gasteiger partial charge in [0.05, 0.1) is 24.6 Å². The first kappa shape index (κ1) is 37.2. The first-order valence-corrected chi connectivity index (χ1v) is 17.5. The number of aliphatic hydroxyl groups excluding tert-OH is 1. The Morgan fingerprint density at radius 2 is 1.61 bits per heavy atom. The van der Waals surface area contributed by atoms with E-state index in [-0.39, 0.29) is 24.9 Å². The van der Waals surface area contributed by atoms with Gasteiger partial charge in [-0.25, -0.2) is 9.78 Å². The van der Waals surface area contributed by atoms with Crippen LogP contribution in [0.1, 0.15) is 70.6 Å². The number of aliphatic hydroxyl groups is 1. The molecule has 0 bridgehead atoms. The van der Waals surface area contributed by atoms with Crippen molar-refractivity contribution in [1.29, 1.82) is 0 Å². The van der Waals surface area contributed by atoms with Crippen LogP contribution in [0.2, 0.25) is 0 Å². The van der Waals surface area contributed by atoms with Gasteiger partial charge in [0.1, 0.15) is 17.7 Å². The molecule has 1 aliphatic rings. The van der Waals surface area contributed by atoms with Crippen LogP contribution >= 0.6 is 7.60 Å². The second-order valence-electron chi connectivity index (χ2n) is 12.8. The van der Waals surface area contributed by atoms with Crippen molar-refractivity contribution in [3.8, 4) is 0 Å². The minimum Gasteiger partial charge on any atom is -0.444 e. The number of rotatable bonds is 16. The zero-order chi connectivity index (χ0) is 33.7. The Hall–Kier alpha value is -3.25. The Bertz CT molecular complexity index is 1270. The number of aromatic amines is 1. The number of nitrogens with zero attached hydrogens (tertiary/aromatic N) is 1. The van der Waals surface area contributed by atoms with E-state index in [2.05, 4.69) is 25.9 Å². The van der Waals surface area contributed by atoms with E-state index in [9.17, 15) is 24.1 Å². The topological polar surface area (TPSA) is 181 Å². The third-order valence-electron chi connectivity index (χ3n) is 7.97. The average molecular weight is 664 g/mol. The summed E-state index contributed by atoms with van der Waals surface area (Å²) in [5.41, 5.74) is 0.600. The van der Waals surface area contributed by atoms with Crippen LogP contribution in [0.4, 0.5) is 4.79 Å². The lowest BCUT2D eigenvalue weighted by Crippen LogP contribution is -2.58. The van der Waals surface area contributed by atoms with Gasteiger partial charge >= 0.3 is 13.7 Å². The molecule has 0 unspecified atom stereocenters. The largest absolute Gasteiger partial charge is 0.444 e. The van der Waals surface area contributed by atoms with E-state index in [1.807, 2.05) is 30.3 Å². The van der Waals surface area contributed by atoms with Crippen molar-refractivity contribution in [2.24, 2.45) is 5.92 Å². The molecule has 3 amide bonds. The van der Waals surface area contributed by atoms with Gasteiger partial charge in [0.15, 0.2) is 0 Å². The third-order valence-corrected chi connectivity index (χ3v) is 9.91. The van der Waals surface area contributed by atoms with E-state index in [0.29, 0.717) is 12.1 Å². The normalized spacial score (nSPS) is 16.9. The summed E-state index contributed by atoms with van der Waals surface area (Å²) < 4.78 is 28.4. The van der Waals surface area contributed by atoms with Crippen molar-refractivity contribution in [3.05, 3.63) is 54.1 Å². The van der Waals surface area contributed by atoms with Crippen molar-refractivity contribution in [2.75, 3.05) is 20.4 Å². The molecule has 0 aliphatic heterocycles. The number of carbonyl (C=O) groups excluding carboxylic acids is 3. The highest BCUT2D eigenvalue weighted by molar-refractivity contribution is 7.53. The number of ether oxygens (including phenoxy) is 1. The summed E-state index contributed by atoms with van der Waals surface area (Å²) in [6.45, 7) is 5.17. The molecular weight excluding hydrogens is 613 g/mol. The molecular formula is C32H50N5O8P. The van der Waals surface area contributed by atoms with Crippen LogP contribution in [0.5, 0.6) is 0 Å². The quantitative estimate of drug-likeness (QED) is 0.167. The van der Waals surface area contributed by atoms with Crippen molar-refractivity contribution in [2.45, 2.75) is 102 Å². The maximum absolute atomic E-state index is 13.9.